The molecule has 6 nitrogen and oxygen atoms in total. The quantitative estimate of drug-likeness (QED) is 0.532. The topological polar surface area (TPSA) is 101 Å². The van der Waals surface area contributed by atoms with Crippen LogP contribution >= 0.6 is 0 Å². The minimum atomic E-state index is -0.882. The Morgan fingerprint density at radius 2 is 2.00 bits per heavy atom. The van der Waals surface area contributed by atoms with E-state index in [1.807, 2.05) is 19.1 Å². The Kier molecular flexibility index (Phi) is 6.28. The second-order valence-corrected chi connectivity index (χ2v) is 7.71. The SMILES string of the molecule is CC1N=CC=C1c1cnc(N)c(-c2ccc(C(=O)N[C@H](CO)c3cccc(F)c3)c(F)c2)c1. The Hall–Kier alpha value is -3.91. The number of rotatable bonds is 6. The van der Waals surface area contributed by atoms with E-state index in [1.165, 1.54) is 30.3 Å². The van der Waals surface area contributed by atoms with Crippen LogP contribution in [0.4, 0.5) is 14.6 Å². The van der Waals surface area contributed by atoms with Crippen LogP contribution in [0.5, 0.6) is 0 Å². The predicted octanol–water partition coefficient (Wildman–Crippen LogP) is 3.93. The Bertz CT molecular complexity index is 1270. The molecule has 1 aromatic heterocycles. The van der Waals surface area contributed by atoms with E-state index in [1.54, 1.807) is 24.5 Å². The van der Waals surface area contributed by atoms with Gasteiger partial charge in [-0.25, -0.2) is 13.8 Å². The number of carbonyl (C=O) groups excluding carboxylic acids is 1. The molecule has 8 heteroatoms. The summed E-state index contributed by atoms with van der Waals surface area (Å²) >= 11 is 0. The Balaban J connectivity index is 1.59. The molecule has 1 amide bonds. The number of hydrogen-bond acceptors (Lipinski definition) is 5. The number of pyridine rings is 1. The summed E-state index contributed by atoms with van der Waals surface area (Å²) in [7, 11) is 0. The minimum absolute atomic E-state index is 0.0105. The van der Waals surface area contributed by atoms with Gasteiger partial charge in [0.1, 0.15) is 17.5 Å². The first kappa shape index (κ1) is 22.3. The van der Waals surface area contributed by atoms with Crippen LogP contribution < -0.4 is 11.1 Å². The van der Waals surface area contributed by atoms with Crippen molar-refractivity contribution < 1.29 is 18.7 Å². The summed E-state index contributed by atoms with van der Waals surface area (Å²) in [5.41, 5.74) is 9.01. The average molecular weight is 448 g/mol. The summed E-state index contributed by atoms with van der Waals surface area (Å²) in [6.45, 7) is 1.49. The van der Waals surface area contributed by atoms with Crippen LogP contribution in [0, 0.1) is 11.6 Å². The van der Waals surface area contributed by atoms with Crippen LogP contribution in [0.15, 0.2) is 65.8 Å². The van der Waals surface area contributed by atoms with Crippen molar-refractivity contribution in [3.63, 3.8) is 0 Å². The molecule has 33 heavy (non-hydrogen) atoms. The Labute approximate surface area is 189 Å². The van der Waals surface area contributed by atoms with E-state index in [0.717, 1.165) is 11.1 Å². The third-order valence-electron chi connectivity index (χ3n) is 5.53. The van der Waals surface area contributed by atoms with Gasteiger partial charge < -0.3 is 16.2 Å². The third-order valence-corrected chi connectivity index (χ3v) is 5.53. The number of nitrogens with zero attached hydrogens (tertiary/aromatic N) is 2. The summed E-state index contributed by atoms with van der Waals surface area (Å²) < 4.78 is 28.4. The highest BCUT2D eigenvalue weighted by molar-refractivity contribution is 5.96. The van der Waals surface area contributed by atoms with Crippen molar-refractivity contribution in [2.45, 2.75) is 19.0 Å². The normalized spacial score (nSPS) is 15.9. The zero-order valence-corrected chi connectivity index (χ0v) is 17.8. The molecule has 0 spiro atoms. The maximum atomic E-state index is 14.9. The zero-order valence-electron chi connectivity index (χ0n) is 17.8. The van der Waals surface area contributed by atoms with Crippen molar-refractivity contribution in [3.8, 4) is 11.1 Å². The van der Waals surface area contributed by atoms with Crippen molar-refractivity contribution in [2.24, 2.45) is 4.99 Å². The summed E-state index contributed by atoms with van der Waals surface area (Å²) in [6, 6.07) is 10.6. The van der Waals surface area contributed by atoms with Crippen LogP contribution in [-0.2, 0) is 0 Å². The molecule has 2 atom stereocenters. The Morgan fingerprint density at radius 3 is 2.67 bits per heavy atom. The highest BCUT2D eigenvalue weighted by Gasteiger charge is 2.20. The second-order valence-electron chi connectivity index (χ2n) is 7.71. The number of halogens is 2. The van der Waals surface area contributed by atoms with Gasteiger partial charge in [0, 0.05) is 18.0 Å². The van der Waals surface area contributed by atoms with Gasteiger partial charge in [-0.15, -0.1) is 0 Å². The van der Waals surface area contributed by atoms with E-state index < -0.39 is 30.2 Å². The van der Waals surface area contributed by atoms with Gasteiger partial charge in [0.2, 0.25) is 0 Å². The van der Waals surface area contributed by atoms with Gasteiger partial charge in [-0.1, -0.05) is 18.2 Å². The van der Waals surface area contributed by atoms with Gasteiger partial charge in [-0.05, 0) is 65.6 Å². The van der Waals surface area contributed by atoms with E-state index in [-0.39, 0.29) is 17.4 Å². The van der Waals surface area contributed by atoms with Crippen LogP contribution in [-0.4, -0.2) is 34.9 Å². The molecule has 0 saturated carbocycles. The first-order valence-electron chi connectivity index (χ1n) is 10.3. The lowest BCUT2D eigenvalue weighted by Gasteiger charge is -2.17. The maximum Gasteiger partial charge on any atom is 0.254 e. The van der Waals surface area contributed by atoms with Crippen molar-refractivity contribution in [3.05, 3.63) is 89.1 Å². The standard InChI is InChI=1S/C25H22F2N4O2/c1-14-19(7-8-29-14)17-10-21(24(28)30-12-17)15-5-6-20(22(27)11-15)25(33)31-23(13-32)16-3-2-4-18(26)9-16/h2-12,14,23,32H,13H2,1H3,(H2,28,30)(H,31,33)/t14?,23-/m1/s1. The summed E-state index contributed by atoms with van der Waals surface area (Å²) in [5, 5.41) is 12.2. The van der Waals surface area contributed by atoms with Crippen LogP contribution in [0.3, 0.4) is 0 Å². The summed E-state index contributed by atoms with van der Waals surface area (Å²) in [6.07, 6.45) is 5.27. The monoisotopic (exact) mass is 448 g/mol. The number of amides is 1. The Morgan fingerprint density at radius 1 is 1.18 bits per heavy atom. The fourth-order valence-corrected chi connectivity index (χ4v) is 3.73. The molecular formula is C25H22F2N4O2. The number of anilines is 1. The first-order chi connectivity index (χ1) is 15.9. The smallest absolute Gasteiger partial charge is 0.254 e. The minimum Gasteiger partial charge on any atom is -0.394 e. The number of benzene rings is 2. The number of nitrogens with one attached hydrogen (secondary N) is 1. The number of aliphatic hydroxyl groups is 1. The number of aliphatic imine (C=N–C) groups is 1. The van der Waals surface area contributed by atoms with E-state index in [4.69, 9.17) is 5.73 Å². The molecule has 0 fully saturated rings. The van der Waals surface area contributed by atoms with Crippen molar-refractivity contribution in [1.29, 1.82) is 0 Å². The lowest BCUT2D eigenvalue weighted by atomic mass is 9.97. The van der Waals surface area contributed by atoms with Gasteiger partial charge in [0.15, 0.2) is 0 Å². The van der Waals surface area contributed by atoms with Gasteiger partial charge in [-0.3, -0.25) is 9.79 Å². The first-order valence-corrected chi connectivity index (χ1v) is 10.3. The fourth-order valence-electron chi connectivity index (χ4n) is 3.73. The molecule has 0 bridgehead atoms. The molecule has 0 aliphatic carbocycles. The number of nitrogen functional groups attached to an aromatic ring is 1. The van der Waals surface area contributed by atoms with E-state index >= 15 is 0 Å². The molecular weight excluding hydrogens is 426 g/mol. The zero-order chi connectivity index (χ0) is 23.5. The number of carbonyl (C=O) groups is 1. The van der Waals surface area contributed by atoms with Gasteiger partial charge >= 0.3 is 0 Å². The molecule has 2 heterocycles. The number of nitrogens with two attached hydrogens (primary N) is 1. The van der Waals surface area contributed by atoms with Gasteiger partial charge in [0.25, 0.3) is 5.91 Å². The number of hydrogen-bond donors (Lipinski definition) is 3. The summed E-state index contributed by atoms with van der Waals surface area (Å²) in [5.74, 6) is -1.76. The molecule has 0 saturated heterocycles. The number of allylic oxidation sites excluding steroid dienone is 1. The largest absolute Gasteiger partial charge is 0.394 e. The van der Waals surface area contributed by atoms with E-state index in [0.29, 0.717) is 16.7 Å². The molecule has 168 valence electrons. The number of aliphatic hydroxyl groups excluding tert-OH is 1. The van der Waals surface area contributed by atoms with Crippen LogP contribution in [0.25, 0.3) is 16.7 Å². The van der Waals surface area contributed by atoms with Crippen molar-refractivity contribution in [2.75, 3.05) is 12.3 Å². The van der Waals surface area contributed by atoms with Crippen LogP contribution in [0.2, 0.25) is 0 Å². The molecule has 4 rings (SSSR count). The van der Waals surface area contributed by atoms with Crippen molar-refractivity contribution >= 4 is 23.5 Å². The molecule has 4 N–H and O–H groups in total. The molecule has 2 aromatic carbocycles. The molecule has 0 radical (unpaired) electrons. The lowest BCUT2D eigenvalue weighted by molar-refractivity contribution is 0.0912. The highest BCUT2D eigenvalue weighted by Crippen LogP contribution is 2.31. The van der Waals surface area contributed by atoms with Crippen molar-refractivity contribution in [1.82, 2.24) is 10.3 Å². The highest BCUT2D eigenvalue weighted by atomic mass is 19.1. The van der Waals surface area contributed by atoms with Crippen LogP contribution in [0.1, 0.15) is 34.5 Å². The molecule has 1 unspecified atom stereocenters. The lowest BCUT2D eigenvalue weighted by Crippen LogP contribution is -2.31. The maximum absolute atomic E-state index is 14.9. The van der Waals surface area contributed by atoms with E-state index in [9.17, 15) is 18.7 Å². The average Bonchev–Trinajstić information content (AvgIpc) is 3.23. The summed E-state index contributed by atoms with van der Waals surface area (Å²) in [4.78, 5) is 21.2. The third kappa shape index (κ3) is 4.65. The second kappa shape index (κ2) is 9.30. The van der Waals surface area contributed by atoms with Gasteiger partial charge in [-0.2, -0.15) is 0 Å². The number of aromatic nitrogens is 1. The molecule has 1 aliphatic rings. The molecule has 1 aliphatic heterocycles. The molecule has 3 aromatic rings. The predicted molar refractivity (Wildman–Crippen MR) is 124 cm³/mol. The van der Waals surface area contributed by atoms with Gasteiger partial charge in [0.05, 0.1) is 24.3 Å². The fraction of sp³-hybridized carbons (Fsp3) is 0.160. The van der Waals surface area contributed by atoms with E-state index in [2.05, 4.69) is 15.3 Å².